The molecule has 1 aromatic heterocycles. The van der Waals surface area contributed by atoms with Gasteiger partial charge in [0.05, 0.1) is 12.5 Å². The van der Waals surface area contributed by atoms with E-state index < -0.39 is 23.3 Å². The Kier molecular flexibility index (Phi) is 2.65. The second-order valence-electron chi connectivity index (χ2n) is 2.51. The maximum absolute atomic E-state index is 10.4. The summed E-state index contributed by atoms with van der Waals surface area (Å²) in [6.07, 6.45) is 1.22. The third-order valence-electron chi connectivity index (χ3n) is 1.49. The second-order valence-corrected chi connectivity index (χ2v) is 2.51. The van der Waals surface area contributed by atoms with Gasteiger partial charge in [0, 0.05) is 7.05 Å². The Hall–Kier alpha value is -2.12. The van der Waals surface area contributed by atoms with Crippen LogP contribution in [0.4, 0.5) is 11.6 Å². The van der Waals surface area contributed by atoms with Crippen molar-refractivity contribution in [3.63, 3.8) is 0 Å². The first kappa shape index (κ1) is 9.96. The minimum absolute atomic E-state index is 0.0409. The summed E-state index contributed by atoms with van der Waals surface area (Å²) in [5, 5.41) is 22.9. The predicted molar refractivity (Wildman–Crippen MR) is 43.4 cm³/mol. The molecule has 1 aromatic rings. The van der Waals surface area contributed by atoms with Crippen LogP contribution < -0.4 is 10.4 Å². The number of carbonyl (C=O) groups is 1. The lowest BCUT2D eigenvalue weighted by Gasteiger charge is -2.05. The molecule has 0 amide bonds. The van der Waals surface area contributed by atoms with Crippen molar-refractivity contribution in [1.29, 1.82) is 0 Å². The van der Waals surface area contributed by atoms with Gasteiger partial charge >= 0.3 is 5.82 Å². The number of aryl methyl sites for hydroxylation is 1. The molecule has 8 heteroatoms. The van der Waals surface area contributed by atoms with E-state index in [4.69, 9.17) is 0 Å². The zero-order valence-electron chi connectivity index (χ0n) is 7.26. The zero-order valence-corrected chi connectivity index (χ0v) is 7.26. The number of carboxylic acid groups (broad SMARTS) is 1. The van der Waals surface area contributed by atoms with Gasteiger partial charge in [-0.15, -0.1) is 0 Å². The van der Waals surface area contributed by atoms with Gasteiger partial charge in [0.1, 0.15) is 0 Å². The lowest BCUT2D eigenvalue weighted by Crippen LogP contribution is -2.30. The Morgan fingerprint density at radius 1 is 1.79 bits per heavy atom. The van der Waals surface area contributed by atoms with Crippen molar-refractivity contribution in [2.24, 2.45) is 7.05 Å². The lowest BCUT2D eigenvalue weighted by atomic mass is 10.5. The first-order valence-corrected chi connectivity index (χ1v) is 3.61. The molecule has 0 aromatic carbocycles. The van der Waals surface area contributed by atoms with Crippen LogP contribution in [0, 0.1) is 10.1 Å². The number of hydrogen-bond donors (Lipinski definition) is 1. The molecule has 76 valence electrons. The van der Waals surface area contributed by atoms with Gasteiger partial charge in [-0.05, 0) is 9.91 Å². The molecule has 0 unspecified atom stereocenters. The van der Waals surface area contributed by atoms with Crippen molar-refractivity contribution in [2.75, 3.05) is 11.9 Å². The van der Waals surface area contributed by atoms with Crippen LogP contribution in [0.2, 0.25) is 0 Å². The Morgan fingerprint density at radius 2 is 2.43 bits per heavy atom. The van der Waals surface area contributed by atoms with Crippen LogP contribution in [-0.4, -0.2) is 27.0 Å². The van der Waals surface area contributed by atoms with Gasteiger partial charge in [-0.1, -0.05) is 0 Å². The zero-order chi connectivity index (χ0) is 10.7. The summed E-state index contributed by atoms with van der Waals surface area (Å²) < 4.78 is 1.32. The molecule has 0 aliphatic carbocycles. The van der Waals surface area contributed by atoms with Crippen molar-refractivity contribution in [2.45, 2.75) is 0 Å². The van der Waals surface area contributed by atoms with Gasteiger partial charge < -0.3 is 25.3 Å². The number of hydrogen-bond acceptors (Lipinski definition) is 6. The SMILES string of the molecule is Cn1cnc([N+](=O)[O-])c1NCC(=O)[O-]. The first-order valence-electron chi connectivity index (χ1n) is 3.61. The minimum Gasteiger partial charge on any atom is -0.548 e. The fraction of sp³-hybridized carbons (Fsp3) is 0.333. The van der Waals surface area contributed by atoms with Crippen LogP contribution in [0.15, 0.2) is 6.33 Å². The van der Waals surface area contributed by atoms with E-state index in [2.05, 4.69) is 10.3 Å². The van der Waals surface area contributed by atoms with Gasteiger partial charge in [0.25, 0.3) is 0 Å². The number of carboxylic acids is 1. The molecule has 0 fully saturated rings. The van der Waals surface area contributed by atoms with E-state index >= 15 is 0 Å². The summed E-state index contributed by atoms with van der Waals surface area (Å²) >= 11 is 0. The van der Waals surface area contributed by atoms with Crippen LogP contribution >= 0.6 is 0 Å². The maximum atomic E-state index is 10.4. The van der Waals surface area contributed by atoms with E-state index in [0.717, 1.165) is 0 Å². The summed E-state index contributed by atoms with van der Waals surface area (Å²) in [5.74, 6) is -1.71. The molecule has 0 aliphatic heterocycles. The number of rotatable bonds is 4. The van der Waals surface area contributed by atoms with E-state index in [0.29, 0.717) is 0 Å². The van der Waals surface area contributed by atoms with E-state index in [1.807, 2.05) is 0 Å². The van der Waals surface area contributed by atoms with E-state index in [9.17, 15) is 20.0 Å². The number of nitrogens with one attached hydrogen (secondary N) is 1. The molecule has 0 saturated carbocycles. The summed E-state index contributed by atoms with van der Waals surface area (Å²) in [5.41, 5.74) is 0. The molecule has 1 rings (SSSR count). The van der Waals surface area contributed by atoms with E-state index in [1.165, 1.54) is 17.9 Å². The molecule has 0 atom stereocenters. The summed E-state index contributed by atoms with van der Waals surface area (Å²) in [6.45, 7) is -0.500. The Bertz CT molecular complexity index is 372. The van der Waals surface area contributed by atoms with Crippen molar-refractivity contribution in [3.05, 3.63) is 16.4 Å². The summed E-state index contributed by atoms with van der Waals surface area (Å²) in [4.78, 5) is 23.3. The van der Waals surface area contributed by atoms with Crippen molar-refractivity contribution < 1.29 is 14.8 Å². The molecule has 1 N–H and O–H groups in total. The summed E-state index contributed by atoms with van der Waals surface area (Å²) in [7, 11) is 1.51. The van der Waals surface area contributed by atoms with Crippen LogP contribution in [-0.2, 0) is 11.8 Å². The third kappa shape index (κ3) is 1.97. The third-order valence-corrected chi connectivity index (χ3v) is 1.49. The quantitative estimate of drug-likeness (QED) is 0.465. The molecular formula is C6H7N4O4-. The fourth-order valence-corrected chi connectivity index (χ4v) is 0.911. The minimum atomic E-state index is -1.35. The topological polar surface area (TPSA) is 113 Å². The van der Waals surface area contributed by atoms with Crippen LogP contribution in [0.3, 0.4) is 0 Å². The lowest BCUT2D eigenvalue weighted by molar-refractivity contribution is -0.388. The monoisotopic (exact) mass is 199 g/mol. The number of aliphatic carboxylic acids is 1. The van der Waals surface area contributed by atoms with Crippen molar-refractivity contribution >= 4 is 17.6 Å². The average molecular weight is 199 g/mol. The standard InChI is InChI=1S/C6H8N4O4/c1-9-3-8-6(10(13)14)5(9)7-2-4(11)12/h3,7H,2H2,1H3,(H,11,12)/p-1. The van der Waals surface area contributed by atoms with Gasteiger partial charge in [0.15, 0.2) is 0 Å². The number of carbonyl (C=O) groups excluding carboxylic acids is 1. The Labute approximate surface area is 78.3 Å². The summed E-state index contributed by atoms with van der Waals surface area (Å²) in [6, 6.07) is 0. The second kappa shape index (κ2) is 3.73. The van der Waals surface area contributed by atoms with Crippen LogP contribution in [0.1, 0.15) is 0 Å². The van der Waals surface area contributed by atoms with Gasteiger partial charge in [-0.25, -0.2) is 0 Å². The van der Waals surface area contributed by atoms with E-state index in [1.54, 1.807) is 0 Å². The average Bonchev–Trinajstić information content (AvgIpc) is 2.43. The highest BCUT2D eigenvalue weighted by atomic mass is 16.6. The van der Waals surface area contributed by atoms with Crippen LogP contribution in [0.25, 0.3) is 0 Å². The Balaban J connectivity index is 2.88. The molecule has 14 heavy (non-hydrogen) atoms. The van der Waals surface area contributed by atoms with Gasteiger partial charge in [-0.2, -0.15) is 0 Å². The van der Waals surface area contributed by atoms with Crippen LogP contribution in [0.5, 0.6) is 0 Å². The predicted octanol–water partition coefficient (Wildman–Crippen LogP) is -1.51. The number of anilines is 1. The molecular weight excluding hydrogens is 192 g/mol. The highest BCUT2D eigenvalue weighted by Gasteiger charge is 2.19. The largest absolute Gasteiger partial charge is 0.548 e. The van der Waals surface area contributed by atoms with Crippen molar-refractivity contribution in [3.8, 4) is 0 Å². The molecule has 0 spiro atoms. The Morgan fingerprint density at radius 3 is 2.93 bits per heavy atom. The number of nitro groups is 1. The number of nitrogens with zero attached hydrogens (tertiary/aromatic N) is 3. The number of aromatic nitrogens is 2. The molecule has 8 nitrogen and oxygen atoms in total. The normalized spacial score (nSPS) is 9.79. The molecule has 0 aliphatic rings. The highest BCUT2D eigenvalue weighted by Crippen LogP contribution is 2.20. The molecule has 0 bridgehead atoms. The van der Waals surface area contributed by atoms with E-state index in [-0.39, 0.29) is 5.82 Å². The molecule has 0 radical (unpaired) electrons. The molecule has 0 saturated heterocycles. The highest BCUT2D eigenvalue weighted by molar-refractivity contribution is 5.71. The van der Waals surface area contributed by atoms with Gasteiger partial charge in [0.2, 0.25) is 12.1 Å². The smallest absolute Gasteiger partial charge is 0.406 e. The first-order chi connectivity index (χ1) is 6.52. The molecule has 1 heterocycles. The number of imidazole rings is 1. The maximum Gasteiger partial charge on any atom is 0.406 e. The fourth-order valence-electron chi connectivity index (χ4n) is 0.911. The van der Waals surface area contributed by atoms with Crippen molar-refractivity contribution in [1.82, 2.24) is 9.55 Å². The van der Waals surface area contributed by atoms with Gasteiger partial charge in [-0.3, -0.25) is 4.57 Å².